The largest absolute Gasteiger partial charge is 0.444 e. The second-order valence-electron chi connectivity index (χ2n) is 10.2. The number of rotatable bonds is 6. The van der Waals surface area contributed by atoms with Crippen LogP contribution in [0.2, 0.25) is 0 Å². The van der Waals surface area contributed by atoms with E-state index < -0.39 is 28.6 Å². The zero-order chi connectivity index (χ0) is 25.3. The van der Waals surface area contributed by atoms with Crippen LogP contribution in [0.5, 0.6) is 0 Å². The van der Waals surface area contributed by atoms with E-state index >= 15 is 0 Å². The van der Waals surface area contributed by atoms with Gasteiger partial charge in [-0.05, 0) is 38.0 Å². The molecular weight excluding hydrogens is 440 g/mol. The molecule has 0 saturated carbocycles. The monoisotopic (exact) mass is 472 g/mol. The van der Waals surface area contributed by atoms with E-state index in [1.807, 2.05) is 78.9 Å². The van der Waals surface area contributed by atoms with Crippen molar-refractivity contribution in [3.05, 3.63) is 102 Å². The van der Waals surface area contributed by atoms with Crippen LogP contribution in [0.15, 0.2) is 84.9 Å². The molecule has 0 fully saturated rings. The van der Waals surface area contributed by atoms with Crippen LogP contribution in [0, 0.1) is 0 Å². The minimum Gasteiger partial charge on any atom is -0.444 e. The van der Waals surface area contributed by atoms with Gasteiger partial charge in [0.25, 0.3) is 5.91 Å². The van der Waals surface area contributed by atoms with E-state index in [0.29, 0.717) is 17.8 Å². The number of fused-ring (bicyclic) bond motifs is 1. The van der Waals surface area contributed by atoms with Gasteiger partial charge >= 0.3 is 6.09 Å². The molecule has 0 aromatic heterocycles. The van der Waals surface area contributed by atoms with Gasteiger partial charge in [0.15, 0.2) is 5.60 Å². The van der Waals surface area contributed by atoms with Crippen molar-refractivity contribution in [2.75, 3.05) is 11.4 Å². The summed E-state index contributed by atoms with van der Waals surface area (Å²) in [6, 6.07) is 26.3. The standard InChI is InChI=1S/C29H32N2O4/c1-27(2,3)35-26(33)30-20-28(4,22-15-9-6-10-16-22)29(34)23-17-11-12-18-24(23)31(25(29)32)19-21-13-7-5-8-14-21/h5-18,34H,19-20H2,1-4H3,(H,30,33)/t28-,29+/m0/s1. The summed E-state index contributed by atoms with van der Waals surface area (Å²) < 4.78 is 5.43. The molecule has 1 aliphatic heterocycles. The highest BCUT2D eigenvalue weighted by Gasteiger charge is 2.61. The first-order valence-electron chi connectivity index (χ1n) is 11.8. The molecule has 0 aliphatic carbocycles. The fourth-order valence-electron chi connectivity index (χ4n) is 4.70. The number of amides is 2. The van der Waals surface area contributed by atoms with Gasteiger partial charge in [-0.25, -0.2) is 4.79 Å². The van der Waals surface area contributed by atoms with Crippen LogP contribution < -0.4 is 10.2 Å². The molecule has 182 valence electrons. The third-order valence-electron chi connectivity index (χ3n) is 6.52. The summed E-state index contributed by atoms with van der Waals surface area (Å²) in [6.45, 7) is 7.48. The molecule has 2 atom stereocenters. The average molecular weight is 473 g/mol. The molecule has 4 rings (SSSR count). The quantitative estimate of drug-likeness (QED) is 0.535. The number of carbonyl (C=O) groups is 2. The molecule has 0 saturated heterocycles. The molecule has 0 spiro atoms. The number of alkyl carbamates (subject to hydrolysis) is 1. The lowest BCUT2D eigenvalue weighted by atomic mass is 9.65. The number of ether oxygens (including phenoxy) is 1. The first-order valence-corrected chi connectivity index (χ1v) is 11.8. The lowest BCUT2D eigenvalue weighted by Crippen LogP contribution is -2.58. The van der Waals surface area contributed by atoms with Gasteiger partial charge in [0.2, 0.25) is 0 Å². The molecule has 6 nitrogen and oxygen atoms in total. The molecule has 35 heavy (non-hydrogen) atoms. The predicted octanol–water partition coefficient (Wildman–Crippen LogP) is 4.90. The Morgan fingerprint density at radius 2 is 1.49 bits per heavy atom. The summed E-state index contributed by atoms with van der Waals surface area (Å²) in [5, 5.41) is 15.2. The van der Waals surface area contributed by atoms with E-state index in [1.54, 1.807) is 38.7 Å². The Bertz CT molecular complexity index is 1210. The molecule has 0 bridgehead atoms. The maximum Gasteiger partial charge on any atom is 0.407 e. The molecule has 2 amide bonds. The third kappa shape index (κ3) is 4.54. The molecule has 6 heteroatoms. The zero-order valence-electron chi connectivity index (χ0n) is 20.6. The molecule has 2 N–H and O–H groups in total. The van der Waals surface area contributed by atoms with Crippen LogP contribution in [0.25, 0.3) is 0 Å². The summed E-state index contributed by atoms with van der Waals surface area (Å²) in [6.07, 6.45) is -0.608. The number of aliphatic hydroxyl groups is 1. The Morgan fingerprint density at radius 1 is 0.914 bits per heavy atom. The van der Waals surface area contributed by atoms with E-state index in [1.165, 1.54) is 0 Å². The van der Waals surface area contributed by atoms with Gasteiger partial charge in [0.1, 0.15) is 5.60 Å². The van der Waals surface area contributed by atoms with Crippen molar-refractivity contribution < 1.29 is 19.4 Å². The van der Waals surface area contributed by atoms with Gasteiger partial charge in [-0.15, -0.1) is 0 Å². The summed E-state index contributed by atoms with van der Waals surface area (Å²) in [5.41, 5.74) is -0.941. The van der Waals surface area contributed by atoms with E-state index in [-0.39, 0.29) is 6.54 Å². The van der Waals surface area contributed by atoms with Crippen molar-refractivity contribution in [2.24, 2.45) is 0 Å². The minimum absolute atomic E-state index is 0.0122. The Labute approximate surface area is 206 Å². The van der Waals surface area contributed by atoms with Gasteiger partial charge in [-0.1, -0.05) is 85.8 Å². The van der Waals surface area contributed by atoms with Crippen molar-refractivity contribution >= 4 is 17.7 Å². The van der Waals surface area contributed by atoms with Gasteiger partial charge in [0, 0.05) is 12.1 Å². The maximum atomic E-state index is 14.1. The summed E-state index contributed by atoms with van der Waals surface area (Å²) in [4.78, 5) is 28.3. The molecule has 3 aromatic rings. The maximum absolute atomic E-state index is 14.1. The number of nitrogens with one attached hydrogen (secondary N) is 1. The van der Waals surface area contributed by atoms with Gasteiger partial charge in [-0.3, -0.25) is 4.79 Å². The SMILES string of the molecule is CC(C)(C)OC(=O)NC[C@@](C)(c1ccccc1)[C@]1(O)C(=O)N(Cc2ccccc2)c2ccccc21. The van der Waals surface area contributed by atoms with E-state index in [9.17, 15) is 14.7 Å². The number of hydrogen-bond acceptors (Lipinski definition) is 4. The Hall–Kier alpha value is -3.64. The highest BCUT2D eigenvalue weighted by atomic mass is 16.6. The molecule has 1 aliphatic rings. The van der Waals surface area contributed by atoms with Gasteiger partial charge in [-0.2, -0.15) is 0 Å². The summed E-state index contributed by atoms with van der Waals surface area (Å²) >= 11 is 0. The van der Waals surface area contributed by atoms with Crippen LogP contribution in [-0.2, 0) is 27.1 Å². The predicted molar refractivity (Wildman–Crippen MR) is 136 cm³/mol. The van der Waals surface area contributed by atoms with Crippen molar-refractivity contribution in [1.29, 1.82) is 0 Å². The molecular formula is C29H32N2O4. The van der Waals surface area contributed by atoms with Gasteiger partial charge in [0.05, 0.1) is 17.6 Å². The van der Waals surface area contributed by atoms with Crippen molar-refractivity contribution in [1.82, 2.24) is 5.32 Å². The number of para-hydroxylation sites is 1. The van der Waals surface area contributed by atoms with E-state index in [0.717, 1.165) is 11.1 Å². The second-order valence-corrected chi connectivity index (χ2v) is 10.2. The fraction of sp³-hybridized carbons (Fsp3) is 0.310. The lowest BCUT2D eigenvalue weighted by molar-refractivity contribution is -0.144. The first kappa shape index (κ1) is 24.5. The summed E-state index contributed by atoms with van der Waals surface area (Å²) in [5.74, 6) is -0.431. The van der Waals surface area contributed by atoms with E-state index in [2.05, 4.69) is 5.32 Å². The first-order chi connectivity index (χ1) is 16.6. The van der Waals surface area contributed by atoms with Crippen LogP contribution in [0.3, 0.4) is 0 Å². The lowest BCUT2D eigenvalue weighted by Gasteiger charge is -2.42. The molecule has 0 unspecified atom stereocenters. The van der Waals surface area contributed by atoms with Crippen molar-refractivity contribution in [3.63, 3.8) is 0 Å². The van der Waals surface area contributed by atoms with E-state index in [4.69, 9.17) is 4.74 Å². The minimum atomic E-state index is -1.92. The number of benzene rings is 3. The topological polar surface area (TPSA) is 78.9 Å². The zero-order valence-corrected chi connectivity index (χ0v) is 20.6. The fourth-order valence-corrected chi connectivity index (χ4v) is 4.70. The molecule has 3 aromatic carbocycles. The average Bonchev–Trinajstić information content (AvgIpc) is 3.06. The smallest absolute Gasteiger partial charge is 0.407 e. The number of nitrogens with zero attached hydrogens (tertiary/aromatic N) is 1. The Morgan fingerprint density at radius 3 is 2.11 bits per heavy atom. The van der Waals surface area contributed by atoms with Crippen LogP contribution in [0.4, 0.5) is 10.5 Å². The third-order valence-corrected chi connectivity index (χ3v) is 6.52. The van der Waals surface area contributed by atoms with Crippen molar-refractivity contribution in [3.8, 4) is 0 Å². The summed E-state index contributed by atoms with van der Waals surface area (Å²) in [7, 11) is 0. The Balaban J connectivity index is 1.78. The molecule has 1 heterocycles. The van der Waals surface area contributed by atoms with Crippen LogP contribution in [0.1, 0.15) is 44.4 Å². The van der Waals surface area contributed by atoms with Gasteiger partial charge < -0.3 is 20.1 Å². The highest BCUT2D eigenvalue weighted by molar-refractivity contribution is 6.08. The molecule has 0 radical (unpaired) electrons. The number of anilines is 1. The van der Waals surface area contributed by atoms with Crippen LogP contribution >= 0.6 is 0 Å². The number of hydrogen-bond donors (Lipinski definition) is 2. The van der Waals surface area contributed by atoms with Crippen molar-refractivity contribution in [2.45, 2.75) is 50.9 Å². The second kappa shape index (κ2) is 9.19. The Kier molecular flexibility index (Phi) is 6.43. The highest BCUT2D eigenvalue weighted by Crippen LogP contribution is 2.51. The normalized spacial score (nSPS) is 19.1. The number of carbonyl (C=O) groups excluding carboxylic acids is 2. The van der Waals surface area contributed by atoms with Crippen LogP contribution in [-0.4, -0.2) is 29.3 Å².